The van der Waals surface area contributed by atoms with Crippen molar-refractivity contribution in [1.82, 2.24) is 9.55 Å². The van der Waals surface area contributed by atoms with Crippen LogP contribution >= 0.6 is 0 Å². The molecule has 0 unspecified atom stereocenters. The normalized spacial score (nSPS) is 13.5. The fourth-order valence-electron chi connectivity index (χ4n) is 7.18. The van der Waals surface area contributed by atoms with Gasteiger partial charge in [0, 0.05) is 55.4 Å². The van der Waals surface area contributed by atoms with Crippen LogP contribution in [0.1, 0.15) is 77.6 Å². The van der Waals surface area contributed by atoms with Crippen LogP contribution in [-0.2, 0) is 37.3 Å². The summed E-state index contributed by atoms with van der Waals surface area (Å²) in [5, 5.41) is 2.23. The standard InChI is InChI=1S/C49H47N4O.Pt/c1-47(2,3)35-17-14-18-38(27-35)51-25-26-52(33-51)39-28-37(48(4,5)6)29-41(31-39)54-40-21-22-43-42-19-12-13-20-44(42)53(45(43)32-40)46-30-36(23-24-50-46)49(7,8)34-15-10-9-11-16-34;/h9-30,33H,1-8H3;/q-3;. The first-order chi connectivity index (χ1) is 25.8. The zero-order chi connectivity index (χ0) is 37.8. The second-order valence-electron chi connectivity index (χ2n) is 16.8. The quantitative estimate of drug-likeness (QED) is 0.149. The minimum absolute atomic E-state index is 0. The van der Waals surface area contributed by atoms with E-state index in [2.05, 4.69) is 210 Å². The molecule has 0 saturated heterocycles. The molecule has 7 aromatic rings. The number of pyridine rings is 1. The number of fused-ring (bicyclic) bond motifs is 3. The van der Waals surface area contributed by atoms with Gasteiger partial charge in [0.25, 0.3) is 0 Å². The van der Waals surface area contributed by atoms with Gasteiger partial charge in [-0.05, 0) is 75.6 Å². The Morgan fingerprint density at radius 1 is 0.582 bits per heavy atom. The van der Waals surface area contributed by atoms with Crippen LogP contribution in [0.4, 0.5) is 11.4 Å². The summed E-state index contributed by atoms with van der Waals surface area (Å²) in [6.07, 6.45) is 6.07. The summed E-state index contributed by atoms with van der Waals surface area (Å²) in [7, 11) is 0. The third kappa shape index (κ3) is 7.47. The van der Waals surface area contributed by atoms with Crippen molar-refractivity contribution in [3.05, 3.63) is 175 Å². The Kier molecular flexibility index (Phi) is 10.1. The summed E-state index contributed by atoms with van der Waals surface area (Å²) >= 11 is 0. The molecule has 5 aromatic carbocycles. The second kappa shape index (κ2) is 14.5. The van der Waals surface area contributed by atoms with E-state index in [4.69, 9.17) is 9.72 Å². The van der Waals surface area contributed by atoms with Gasteiger partial charge in [0.05, 0.1) is 0 Å². The summed E-state index contributed by atoms with van der Waals surface area (Å²) in [6.45, 7) is 20.0. The Morgan fingerprint density at radius 3 is 2.05 bits per heavy atom. The number of rotatable bonds is 7. The molecule has 8 rings (SSSR count). The average Bonchev–Trinajstić information content (AvgIpc) is 3.78. The first kappa shape index (κ1) is 38.2. The van der Waals surface area contributed by atoms with E-state index in [1.165, 1.54) is 16.7 Å². The van der Waals surface area contributed by atoms with Crippen molar-refractivity contribution in [2.45, 2.75) is 71.6 Å². The number of hydrogen-bond acceptors (Lipinski definition) is 4. The average molecular weight is 903 g/mol. The SMILES string of the molecule is CC(C)(C)c1cc(Oc2[c-]c3c(cc2)c2ccccc2n3-c2cc(C(C)(C)c3ccccc3)ccn2)[c-]c(N2C=CN(c3cccc(C(C)(C)C)c3)[CH-]2)c1.[Pt]. The Morgan fingerprint density at radius 2 is 1.29 bits per heavy atom. The number of para-hydroxylation sites is 1. The van der Waals surface area contributed by atoms with Crippen LogP contribution in [0.15, 0.2) is 134 Å². The molecule has 3 heterocycles. The van der Waals surface area contributed by atoms with E-state index >= 15 is 0 Å². The summed E-state index contributed by atoms with van der Waals surface area (Å²) < 4.78 is 8.89. The van der Waals surface area contributed by atoms with Crippen LogP contribution in [0.25, 0.3) is 27.6 Å². The molecule has 282 valence electrons. The maximum atomic E-state index is 6.69. The minimum Gasteiger partial charge on any atom is -0.509 e. The molecule has 0 N–H and O–H groups in total. The number of ether oxygens (including phenoxy) is 1. The van der Waals surface area contributed by atoms with Gasteiger partial charge in [-0.15, -0.1) is 53.6 Å². The maximum absolute atomic E-state index is 6.69. The van der Waals surface area contributed by atoms with Crippen LogP contribution in [-0.4, -0.2) is 9.55 Å². The van der Waals surface area contributed by atoms with Crippen molar-refractivity contribution >= 4 is 33.2 Å². The summed E-state index contributed by atoms with van der Waals surface area (Å²) in [4.78, 5) is 9.17. The van der Waals surface area contributed by atoms with Gasteiger partial charge in [-0.2, -0.15) is 6.07 Å². The molecular formula is C49H47N4OPt-3. The van der Waals surface area contributed by atoms with Crippen LogP contribution in [0.5, 0.6) is 11.5 Å². The first-order valence-electron chi connectivity index (χ1n) is 18.7. The number of aromatic nitrogens is 2. The number of anilines is 2. The largest absolute Gasteiger partial charge is 0.509 e. The van der Waals surface area contributed by atoms with Gasteiger partial charge in [0.2, 0.25) is 0 Å². The van der Waals surface area contributed by atoms with Crippen molar-refractivity contribution < 1.29 is 25.8 Å². The molecule has 6 heteroatoms. The Labute approximate surface area is 340 Å². The predicted octanol–water partition coefficient (Wildman–Crippen LogP) is 12.4. The van der Waals surface area contributed by atoms with E-state index in [0.29, 0.717) is 11.5 Å². The van der Waals surface area contributed by atoms with Crippen LogP contribution < -0.4 is 14.5 Å². The van der Waals surface area contributed by atoms with Crippen LogP contribution in [0, 0.1) is 18.8 Å². The molecule has 0 fully saturated rings. The summed E-state index contributed by atoms with van der Waals surface area (Å²) in [5.41, 5.74) is 8.62. The van der Waals surface area contributed by atoms with E-state index < -0.39 is 0 Å². The zero-order valence-electron chi connectivity index (χ0n) is 32.8. The molecule has 2 aromatic heterocycles. The van der Waals surface area contributed by atoms with Gasteiger partial charge < -0.3 is 19.1 Å². The molecule has 5 nitrogen and oxygen atoms in total. The first-order valence-corrected chi connectivity index (χ1v) is 18.7. The molecule has 1 aliphatic heterocycles. The Bertz CT molecular complexity index is 2520. The molecule has 0 bridgehead atoms. The predicted molar refractivity (Wildman–Crippen MR) is 224 cm³/mol. The molecule has 1 aliphatic rings. The van der Waals surface area contributed by atoms with Crippen LogP contribution in [0.3, 0.4) is 0 Å². The molecule has 0 amide bonds. The van der Waals surface area contributed by atoms with Gasteiger partial charge in [0.15, 0.2) is 0 Å². The molecule has 0 radical (unpaired) electrons. The monoisotopic (exact) mass is 902 g/mol. The second-order valence-corrected chi connectivity index (χ2v) is 16.8. The van der Waals surface area contributed by atoms with Gasteiger partial charge in [-0.25, -0.2) is 4.98 Å². The summed E-state index contributed by atoms with van der Waals surface area (Å²) in [5.74, 6) is 2.09. The van der Waals surface area contributed by atoms with E-state index in [-0.39, 0.29) is 37.3 Å². The molecule has 55 heavy (non-hydrogen) atoms. The fraction of sp³-hybridized carbons (Fsp3) is 0.224. The Balaban J connectivity index is 0.00000465. The van der Waals surface area contributed by atoms with Crippen molar-refractivity contribution in [2.24, 2.45) is 0 Å². The minimum atomic E-state index is -0.212. The van der Waals surface area contributed by atoms with E-state index in [9.17, 15) is 0 Å². The third-order valence-corrected chi connectivity index (χ3v) is 10.6. The van der Waals surface area contributed by atoms with Gasteiger partial charge in [0.1, 0.15) is 5.82 Å². The van der Waals surface area contributed by atoms with Crippen molar-refractivity contribution in [2.75, 3.05) is 9.80 Å². The van der Waals surface area contributed by atoms with E-state index in [1.54, 1.807) is 0 Å². The molecule has 0 aliphatic carbocycles. The van der Waals surface area contributed by atoms with E-state index in [0.717, 1.165) is 44.6 Å². The molecular weight excluding hydrogens is 856 g/mol. The molecule has 0 atom stereocenters. The fourth-order valence-corrected chi connectivity index (χ4v) is 7.18. The van der Waals surface area contributed by atoms with Crippen LogP contribution in [0.2, 0.25) is 0 Å². The maximum Gasteiger partial charge on any atom is 0.135 e. The van der Waals surface area contributed by atoms with Gasteiger partial charge in [-0.3, -0.25) is 0 Å². The molecule has 0 spiro atoms. The van der Waals surface area contributed by atoms with Gasteiger partial charge in [-0.1, -0.05) is 122 Å². The van der Waals surface area contributed by atoms with Crippen molar-refractivity contribution in [3.63, 3.8) is 0 Å². The Hall–Kier alpha value is -5.12. The number of benzene rings is 5. The van der Waals surface area contributed by atoms with Gasteiger partial charge >= 0.3 is 0 Å². The van der Waals surface area contributed by atoms with Crippen molar-refractivity contribution in [1.29, 1.82) is 0 Å². The topological polar surface area (TPSA) is 33.5 Å². The number of hydrogen-bond donors (Lipinski definition) is 0. The summed E-state index contributed by atoms with van der Waals surface area (Å²) in [6, 6.07) is 47.8. The molecule has 0 saturated carbocycles. The van der Waals surface area contributed by atoms with E-state index in [1.807, 2.05) is 12.3 Å². The zero-order valence-corrected chi connectivity index (χ0v) is 35.1. The smallest absolute Gasteiger partial charge is 0.135 e. The number of nitrogens with zero attached hydrogens (tertiary/aromatic N) is 4. The third-order valence-electron chi connectivity index (χ3n) is 10.6. The van der Waals surface area contributed by atoms with Crippen molar-refractivity contribution in [3.8, 4) is 17.3 Å².